The summed E-state index contributed by atoms with van der Waals surface area (Å²) in [6, 6.07) is 0.554. The fourth-order valence-corrected chi connectivity index (χ4v) is 2.22. The van der Waals surface area contributed by atoms with Crippen LogP contribution in [0, 0.1) is 0 Å². The van der Waals surface area contributed by atoms with E-state index in [-0.39, 0.29) is 0 Å². The molecule has 1 heterocycles. The van der Waals surface area contributed by atoms with Gasteiger partial charge < -0.3 is 10.2 Å². The molecule has 0 amide bonds. The second-order valence-electron chi connectivity index (χ2n) is 4.90. The largest absolute Gasteiger partial charge is 0.317 e. The summed E-state index contributed by atoms with van der Waals surface area (Å²) < 4.78 is 2.03. The zero-order chi connectivity index (χ0) is 13.5. The first-order chi connectivity index (χ1) is 8.58. The van der Waals surface area contributed by atoms with E-state index in [2.05, 4.69) is 36.3 Å². The van der Waals surface area contributed by atoms with Crippen LogP contribution in [-0.2, 0) is 13.0 Å². The van der Waals surface area contributed by atoms with Gasteiger partial charge in [-0.3, -0.25) is 4.68 Å². The Labute approximate surface area is 115 Å². The third-order valence-electron chi connectivity index (χ3n) is 3.29. The molecule has 1 rings (SSSR count). The van der Waals surface area contributed by atoms with Gasteiger partial charge in [-0.1, -0.05) is 18.5 Å². The minimum Gasteiger partial charge on any atom is -0.317 e. The SMILES string of the molecule is CCC(CCc1c(Cl)cnn1CCN(C)C)NC. The summed E-state index contributed by atoms with van der Waals surface area (Å²) in [4.78, 5) is 2.15. The first-order valence-corrected chi connectivity index (χ1v) is 6.98. The van der Waals surface area contributed by atoms with Crippen LogP contribution >= 0.6 is 11.6 Å². The molecule has 1 aromatic rings. The maximum absolute atomic E-state index is 6.21. The molecule has 1 aromatic heterocycles. The molecule has 0 saturated carbocycles. The standard InChI is InChI=1S/C13H25ClN4/c1-5-11(15-2)6-7-13-12(14)10-16-18(13)9-8-17(3)4/h10-11,15H,5-9H2,1-4H3. The second-order valence-corrected chi connectivity index (χ2v) is 5.31. The van der Waals surface area contributed by atoms with Gasteiger partial charge >= 0.3 is 0 Å². The molecule has 1 unspecified atom stereocenters. The third kappa shape index (κ3) is 4.59. The Bertz CT molecular complexity index is 345. The van der Waals surface area contributed by atoms with Gasteiger partial charge in [0.2, 0.25) is 0 Å². The van der Waals surface area contributed by atoms with E-state index in [1.165, 1.54) is 0 Å². The van der Waals surface area contributed by atoms with Crippen molar-refractivity contribution in [1.82, 2.24) is 20.0 Å². The van der Waals surface area contributed by atoms with E-state index in [0.29, 0.717) is 6.04 Å². The number of likely N-dealkylation sites (N-methyl/N-ethyl adjacent to an activating group) is 1. The Balaban J connectivity index is 2.60. The number of halogens is 1. The molecular weight excluding hydrogens is 248 g/mol. The van der Waals surface area contributed by atoms with E-state index in [1.807, 2.05) is 11.7 Å². The monoisotopic (exact) mass is 272 g/mol. The maximum atomic E-state index is 6.21. The molecule has 0 aliphatic heterocycles. The summed E-state index contributed by atoms with van der Waals surface area (Å²) >= 11 is 6.21. The van der Waals surface area contributed by atoms with Crippen LogP contribution in [-0.4, -0.2) is 48.4 Å². The molecule has 0 saturated heterocycles. The van der Waals surface area contributed by atoms with E-state index in [0.717, 1.165) is 43.1 Å². The third-order valence-corrected chi connectivity index (χ3v) is 3.60. The molecule has 1 N–H and O–H groups in total. The van der Waals surface area contributed by atoms with Crippen molar-refractivity contribution in [2.75, 3.05) is 27.7 Å². The number of hydrogen-bond acceptors (Lipinski definition) is 3. The maximum Gasteiger partial charge on any atom is 0.0817 e. The van der Waals surface area contributed by atoms with Crippen LogP contribution in [0.25, 0.3) is 0 Å². The number of aromatic nitrogens is 2. The van der Waals surface area contributed by atoms with Gasteiger partial charge in [0.05, 0.1) is 23.5 Å². The van der Waals surface area contributed by atoms with Crippen LogP contribution < -0.4 is 5.32 Å². The van der Waals surface area contributed by atoms with Gasteiger partial charge in [-0.2, -0.15) is 5.10 Å². The van der Waals surface area contributed by atoms with Crippen molar-refractivity contribution in [2.45, 2.75) is 38.8 Å². The van der Waals surface area contributed by atoms with Crippen molar-refractivity contribution in [2.24, 2.45) is 0 Å². The van der Waals surface area contributed by atoms with Crippen LogP contribution in [0.5, 0.6) is 0 Å². The highest BCUT2D eigenvalue weighted by Gasteiger charge is 2.11. The normalized spacial score (nSPS) is 13.2. The number of nitrogens with zero attached hydrogens (tertiary/aromatic N) is 3. The van der Waals surface area contributed by atoms with Gasteiger partial charge in [-0.15, -0.1) is 0 Å². The lowest BCUT2D eigenvalue weighted by molar-refractivity contribution is 0.368. The lowest BCUT2D eigenvalue weighted by atomic mass is 10.1. The molecule has 18 heavy (non-hydrogen) atoms. The molecule has 0 radical (unpaired) electrons. The minimum atomic E-state index is 0.554. The fourth-order valence-electron chi connectivity index (χ4n) is 1.99. The van der Waals surface area contributed by atoms with Gasteiger partial charge in [0.1, 0.15) is 0 Å². The molecule has 104 valence electrons. The zero-order valence-electron chi connectivity index (χ0n) is 11.9. The summed E-state index contributed by atoms with van der Waals surface area (Å²) in [5, 5.41) is 8.47. The average Bonchev–Trinajstić information content (AvgIpc) is 2.69. The molecule has 0 aliphatic carbocycles. The number of hydrogen-bond donors (Lipinski definition) is 1. The summed E-state index contributed by atoms with van der Waals surface area (Å²) in [5.74, 6) is 0. The number of rotatable bonds is 8. The molecule has 0 fully saturated rings. The molecule has 0 aromatic carbocycles. The Kier molecular flexibility index (Phi) is 6.68. The highest BCUT2D eigenvalue weighted by Crippen LogP contribution is 2.18. The molecule has 1 atom stereocenters. The molecule has 0 spiro atoms. The molecular formula is C13H25ClN4. The molecule has 0 aliphatic rings. The fraction of sp³-hybridized carbons (Fsp3) is 0.769. The predicted molar refractivity (Wildman–Crippen MR) is 77.3 cm³/mol. The minimum absolute atomic E-state index is 0.554. The lowest BCUT2D eigenvalue weighted by Gasteiger charge is -2.15. The second kappa shape index (κ2) is 7.77. The summed E-state index contributed by atoms with van der Waals surface area (Å²) in [6.45, 7) is 4.08. The van der Waals surface area contributed by atoms with E-state index >= 15 is 0 Å². The van der Waals surface area contributed by atoms with E-state index in [1.54, 1.807) is 6.20 Å². The lowest BCUT2D eigenvalue weighted by Crippen LogP contribution is -2.25. The van der Waals surface area contributed by atoms with Crippen LogP contribution in [0.2, 0.25) is 5.02 Å². The van der Waals surface area contributed by atoms with Crippen LogP contribution in [0.1, 0.15) is 25.5 Å². The molecule has 5 heteroatoms. The summed E-state index contributed by atoms with van der Waals surface area (Å²) in [5.41, 5.74) is 1.16. The summed E-state index contributed by atoms with van der Waals surface area (Å²) in [6.07, 6.45) is 4.97. The summed E-state index contributed by atoms with van der Waals surface area (Å²) in [7, 11) is 6.15. The van der Waals surface area contributed by atoms with Crippen molar-refractivity contribution in [3.05, 3.63) is 16.9 Å². The zero-order valence-corrected chi connectivity index (χ0v) is 12.7. The first kappa shape index (κ1) is 15.5. The van der Waals surface area contributed by atoms with Crippen molar-refractivity contribution >= 4 is 11.6 Å². The highest BCUT2D eigenvalue weighted by molar-refractivity contribution is 6.31. The van der Waals surface area contributed by atoms with Crippen molar-refractivity contribution < 1.29 is 0 Å². The number of nitrogens with one attached hydrogen (secondary N) is 1. The Hall–Kier alpha value is -0.580. The van der Waals surface area contributed by atoms with Crippen LogP contribution in [0.3, 0.4) is 0 Å². The van der Waals surface area contributed by atoms with Crippen molar-refractivity contribution in [3.63, 3.8) is 0 Å². The topological polar surface area (TPSA) is 33.1 Å². The van der Waals surface area contributed by atoms with Gasteiger partial charge in [0, 0.05) is 12.6 Å². The Morgan fingerprint density at radius 2 is 2.22 bits per heavy atom. The van der Waals surface area contributed by atoms with E-state index in [9.17, 15) is 0 Å². The Morgan fingerprint density at radius 1 is 1.50 bits per heavy atom. The molecule has 4 nitrogen and oxygen atoms in total. The van der Waals surface area contributed by atoms with Crippen molar-refractivity contribution in [3.8, 4) is 0 Å². The van der Waals surface area contributed by atoms with E-state index < -0.39 is 0 Å². The van der Waals surface area contributed by atoms with E-state index in [4.69, 9.17) is 11.6 Å². The van der Waals surface area contributed by atoms with Gasteiger partial charge in [-0.25, -0.2) is 0 Å². The smallest absolute Gasteiger partial charge is 0.0817 e. The van der Waals surface area contributed by atoms with Gasteiger partial charge in [0.15, 0.2) is 0 Å². The van der Waals surface area contributed by atoms with Crippen LogP contribution in [0.4, 0.5) is 0 Å². The van der Waals surface area contributed by atoms with Crippen LogP contribution in [0.15, 0.2) is 6.20 Å². The van der Waals surface area contributed by atoms with Crippen molar-refractivity contribution in [1.29, 1.82) is 0 Å². The Morgan fingerprint density at radius 3 is 2.78 bits per heavy atom. The molecule has 0 bridgehead atoms. The first-order valence-electron chi connectivity index (χ1n) is 6.60. The highest BCUT2D eigenvalue weighted by atomic mass is 35.5. The predicted octanol–water partition coefficient (Wildman–Crippen LogP) is 2.03. The average molecular weight is 273 g/mol. The van der Waals surface area contributed by atoms with Gasteiger partial charge in [0.25, 0.3) is 0 Å². The van der Waals surface area contributed by atoms with Gasteiger partial charge in [-0.05, 0) is 40.4 Å². The quantitative estimate of drug-likeness (QED) is 0.786.